The molecule has 0 fully saturated rings. The quantitative estimate of drug-likeness (QED) is 0.430. The number of nitrogens with zero attached hydrogens (tertiary/aromatic N) is 2. The minimum Gasteiger partial charge on any atom is -0.493 e. The van der Waals surface area contributed by atoms with Crippen LogP contribution in [0.3, 0.4) is 0 Å². The summed E-state index contributed by atoms with van der Waals surface area (Å²) in [5.74, 6) is 1.17. The third-order valence-corrected chi connectivity index (χ3v) is 6.85. The topological polar surface area (TPSA) is 59.1 Å². The Labute approximate surface area is 213 Å². The molecular formula is C30H34N2O4. The number of carbonyl (C=O) groups is 2. The molecule has 0 spiro atoms. The summed E-state index contributed by atoms with van der Waals surface area (Å²) in [5, 5.41) is 0. The van der Waals surface area contributed by atoms with Gasteiger partial charge in [0.05, 0.1) is 20.3 Å². The predicted octanol–water partition coefficient (Wildman–Crippen LogP) is 5.37. The zero-order chi connectivity index (χ0) is 25.7. The lowest BCUT2D eigenvalue weighted by Crippen LogP contribution is -2.46. The lowest BCUT2D eigenvalue weighted by Gasteiger charge is -2.37. The first-order valence-corrected chi connectivity index (χ1v) is 12.5. The van der Waals surface area contributed by atoms with E-state index in [1.807, 2.05) is 85.5 Å². The summed E-state index contributed by atoms with van der Waals surface area (Å²) >= 11 is 0. The van der Waals surface area contributed by atoms with Crippen molar-refractivity contribution in [1.29, 1.82) is 0 Å². The van der Waals surface area contributed by atoms with Gasteiger partial charge in [0.25, 0.3) is 5.91 Å². The summed E-state index contributed by atoms with van der Waals surface area (Å²) in [5.41, 5.74) is 4.95. The number of fused-ring (bicyclic) bond motifs is 1. The average molecular weight is 487 g/mol. The van der Waals surface area contributed by atoms with Gasteiger partial charge in [-0.05, 0) is 66.3 Å². The van der Waals surface area contributed by atoms with Crippen molar-refractivity contribution in [2.24, 2.45) is 0 Å². The number of benzene rings is 3. The molecule has 1 aliphatic rings. The summed E-state index contributed by atoms with van der Waals surface area (Å²) in [4.78, 5) is 30.3. The number of methoxy groups -OCH3 is 2. The molecule has 1 atom stereocenters. The molecule has 2 amide bonds. The zero-order valence-corrected chi connectivity index (χ0v) is 21.5. The summed E-state index contributed by atoms with van der Waals surface area (Å²) in [7, 11) is 3.24. The van der Waals surface area contributed by atoms with E-state index in [1.165, 1.54) is 0 Å². The number of carbonyl (C=O) groups excluding carboxylic acids is 2. The molecule has 1 aliphatic heterocycles. The molecule has 3 aromatic rings. The first-order valence-electron chi connectivity index (χ1n) is 12.5. The summed E-state index contributed by atoms with van der Waals surface area (Å²) in [6, 6.07) is 21.5. The highest BCUT2D eigenvalue weighted by atomic mass is 16.5. The van der Waals surface area contributed by atoms with Crippen LogP contribution in [0.1, 0.15) is 47.8 Å². The SMILES string of the molecule is CCCN(CC(=O)N1CCc2cc(OC)c(OC)cc2C1C)C(=O)c1ccc(-c2ccccc2)cc1. The number of ether oxygens (including phenoxy) is 2. The van der Waals surface area contributed by atoms with Crippen LogP contribution < -0.4 is 9.47 Å². The monoisotopic (exact) mass is 486 g/mol. The van der Waals surface area contributed by atoms with Crippen LogP contribution in [0.15, 0.2) is 66.7 Å². The van der Waals surface area contributed by atoms with Crippen molar-refractivity contribution in [1.82, 2.24) is 9.80 Å². The highest BCUT2D eigenvalue weighted by Gasteiger charge is 2.31. The Balaban J connectivity index is 1.49. The smallest absolute Gasteiger partial charge is 0.254 e. The minimum atomic E-state index is -0.124. The van der Waals surface area contributed by atoms with E-state index in [9.17, 15) is 9.59 Å². The standard InChI is InChI=1S/C30H34N2O4/c1-5-16-31(30(34)24-13-11-23(12-14-24)22-9-7-6-8-10-22)20-29(33)32-17-15-25-18-27(35-3)28(36-4)19-26(25)21(32)2/h6-14,18-19,21H,5,15-17,20H2,1-4H3. The van der Waals surface area contributed by atoms with Crippen molar-refractivity contribution < 1.29 is 19.1 Å². The largest absolute Gasteiger partial charge is 0.493 e. The van der Waals surface area contributed by atoms with E-state index >= 15 is 0 Å². The van der Waals surface area contributed by atoms with Crippen LogP contribution in [-0.4, -0.2) is 55.5 Å². The van der Waals surface area contributed by atoms with Crippen LogP contribution in [-0.2, 0) is 11.2 Å². The van der Waals surface area contributed by atoms with Gasteiger partial charge in [-0.1, -0.05) is 49.4 Å². The van der Waals surface area contributed by atoms with Crippen LogP contribution in [0, 0.1) is 0 Å². The van der Waals surface area contributed by atoms with E-state index in [0.717, 1.165) is 35.1 Å². The van der Waals surface area contributed by atoms with Gasteiger partial charge in [-0.2, -0.15) is 0 Å². The number of rotatable bonds is 8. The summed E-state index contributed by atoms with van der Waals surface area (Å²) in [6.07, 6.45) is 1.50. The van der Waals surface area contributed by atoms with E-state index in [1.54, 1.807) is 19.1 Å². The molecule has 0 saturated carbocycles. The molecule has 6 heteroatoms. The van der Waals surface area contributed by atoms with E-state index in [2.05, 4.69) is 0 Å². The lowest BCUT2D eigenvalue weighted by atomic mass is 9.92. The number of hydrogen-bond acceptors (Lipinski definition) is 4. The maximum atomic E-state index is 13.4. The molecule has 36 heavy (non-hydrogen) atoms. The maximum Gasteiger partial charge on any atom is 0.254 e. The van der Waals surface area contributed by atoms with Gasteiger partial charge in [0.1, 0.15) is 6.54 Å². The second kappa shape index (κ2) is 11.3. The van der Waals surface area contributed by atoms with Gasteiger partial charge < -0.3 is 19.3 Å². The second-order valence-corrected chi connectivity index (χ2v) is 9.09. The van der Waals surface area contributed by atoms with Crippen molar-refractivity contribution >= 4 is 11.8 Å². The fourth-order valence-corrected chi connectivity index (χ4v) is 4.88. The van der Waals surface area contributed by atoms with Crippen molar-refractivity contribution in [2.75, 3.05) is 33.9 Å². The molecule has 6 nitrogen and oxygen atoms in total. The predicted molar refractivity (Wildman–Crippen MR) is 141 cm³/mol. The van der Waals surface area contributed by atoms with Crippen molar-refractivity contribution in [2.45, 2.75) is 32.7 Å². The fraction of sp³-hybridized carbons (Fsp3) is 0.333. The van der Waals surface area contributed by atoms with Crippen LogP contribution in [0.2, 0.25) is 0 Å². The van der Waals surface area contributed by atoms with Crippen LogP contribution >= 0.6 is 0 Å². The molecule has 4 rings (SSSR count). The van der Waals surface area contributed by atoms with E-state index in [4.69, 9.17) is 9.47 Å². The Bertz CT molecular complexity index is 1210. The lowest BCUT2D eigenvalue weighted by molar-refractivity contribution is -0.134. The van der Waals surface area contributed by atoms with Crippen LogP contribution in [0.5, 0.6) is 11.5 Å². The van der Waals surface area contributed by atoms with E-state index < -0.39 is 0 Å². The fourth-order valence-electron chi connectivity index (χ4n) is 4.88. The average Bonchev–Trinajstić information content (AvgIpc) is 2.92. The third kappa shape index (κ3) is 5.23. The van der Waals surface area contributed by atoms with Crippen molar-refractivity contribution in [3.63, 3.8) is 0 Å². The molecule has 0 saturated heterocycles. The first-order chi connectivity index (χ1) is 17.5. The molecule has 1 unspecified atom stereocenters. The molecule has 1 heterocycles. The van der Waals surface area contributed by atoms with Gasteiger partial charge in [-0.25, -0.2) is 0 Å². The Morgan fingerprint density at radius 2 is 1.58 bits per heavy atom. The minimum absolute atomic E-state index is 0.0503. The number of amides is 2. The third-order valence-electron chi connectivity index (χ3n) is 6.85. The van der Waals surface area contributed by atoms with Crippen molar-refractivity contribution in [3.8, 4) is 22.6 Å². The zero-order valence-electron chi connectivity index (χ0n) is 21.5. The second-order valence-electron chi connectivity index (χ2n) is 9.09. The molecule has 0 radical (unpaired) electrons. The van der Waals surface area contributed by atoms with Gasteiger partial charge in [-0.3, -0.25) is 9.59 Å². The molecule has 0 N–H and O–H groups in total. The molecule has 3 aromatic carbocycles. The van der Waals surface area contributed by atoms with Crippen LogP contribution in [0.4, 0.5) is 0 Å². The molecule has 0 bridgehead atoms. The van der Waals surface area contributed by atoms with Gasteiger partial charge in [0.2, 0.25) is 5.91 Å². The highest BCUT2D eigenvalue weighted by Crippen LogP contribution is 2.38. The Kier molecular flexibility index (Phi) is 7.93. The Hall–Kier alpha value is -3.80. The Morgan fingerprint density at radius 3 is 2.22 bits per heavy atom. The highest BCUT2D eigenvalue weighted by molar-refractivity contribution is 5.97. The molecule has 188 valence electrons. The Morgan fingerprint density at radius 1 is 0.944 bits per heavy atom. The van der Waals surface area contributed by atoms with Gasteiger partial charge >= 0.3 is 0 Å². The normalized spacial score (nSPS) is 14.7. The summed E-state index contributed by atoms with van der Waals surface area (Å²) < 4.78 is 10.9. The van der Waals surface area contributed by atoms with Gasteiger partial charge in [0.15, 0.2) is 11.5 Å². The van der Waals surface area contributed by atoms with Gasteiger partial charge in [0, 0.05) is 18.7 Å². The van der Waals surface area contributed by atoms with E-state index in [0.29, 0.717) is 30.2 Å². The first kappa shape index (κ1) is 25.3. The van der Waals surface area contributed by atoms with Crippen molar-refractivity contribution in [3.05, 3.63) is 83.4 Å². The number of hydrogen-bond donors (Lipinski definition) is 0. The maximum absolute atomic E-state index is 13.4. The van der Waals surface area contributed by atoms with Gasteiger partial charge in [-0.15, -0.1) is 0 Å². The summed E-state index contributed by atoms with van der Waals surface area (Å²) in [6.45, 7) is 5.22. The molecule has 0 aliphatic carbocycles. The molecule has 0 aromatic heterocycles. The van der Waals surface area contributed by atoms with E-state index in [-0.39, 0.29) is 24.4 Å². The van der Waals surface area contributed by atoms with Crippen LogP contribution in [0.25, 0.3) is 11.1 Å². The molecular weight excluding hydrogens is 452 g/mol.